The largest absolute Gasteiger partial charge is 0.469 e. The molecule has 0 aromatic rings. The fourth-order valence-electron chi connectivity index (χ4n) is 2.93. The van der Waals surface area contributed by atoms with Crippen molar-refractivity contribution >= 4 is 5.97 Å². The predicted octanol–water partition coefficient (Wildman–Crippen LogP) is 2.20. The van der Waals surface area contributed by atoms with Gasteiger partial charge in [-0.05, 0) is 33.1 Å². The summed E-state index contributed by atoms with van der Waals surface area (Å²) in [6.45, 7) is 8.14. The van der Waals surface area contributed by atoms with E-state index in [1.54, 1.807) is 0 Å². The zero-order chi connectivity index (χ0) is 14.5. The third-order valence-electron chi connectivity index (χ3n) is 4.37. The van der Waals surface area contributed by atoms with Crippen molar-refractivity contribution in [2.24, 2.45) is 5.92 Å². The van der Waals surface area contributed by atoms with Crippen LogP contribution >= 0.6 is 0 Å². The number of carbonyl (C=O) groups is 1. The van der Waals surface area contributed by atoms with Crippen LogP contribution in [0.15, 0.2) is 0 Å². The van der Waals surface area contributed by atoms with Crippen molar-refractivity contribution in [2.45, 2.75) is 64.5 Å². The van der Waals surface area contributed by atoms with E-state index in [1.165, 1.54) is 7.11 Å². The molecule has 1 saturated heterocycles. The minimum absolute atomic E-state index is 0.256. The quantitative estimate of drug-likeness (QED) is 0.752. The van der Waals surface area contributed by atoms with Gasteiger partial charge >= 0.3 is 5.97 Å². The molecule has 0 bridgehead atoms. The molecule has 0 saturated carbocycles. The first-order valence-electron chi connectivity index (χ1n) is 7.49. The Labute approximate surface area is 117 Å². The third-order valence-corrected chi connectivity index (χ3v) is 4.37. The van der Waals surface area contributed by atoms with Crippen molar-refractivity contribution < 1.29 is 14.6 Å². The molecule has 1 aliphatic heterocycles. The van der Waals surface area contributed by atoms with Crippen LogP contribution < -0.4 is 0 Å². The third kappa shape index (κ3) is 4.18. The van der Waals surface area contributed by atoms with Crippen molar-refractivity contribution in [2.75, 3.05) is 20.2 Å². The summed E-state index contributed by atoms with van der Waals surface area (Å²) in [5.41, 5.74) is -0.881. The Hall–Kier alpha value is -0.610. The van der Waals surface area contributed by atoms with Crippen molar-refractivity contribution in [3.05, 3.63) is 0 Å². The van der Waals surface area contributed by atoms with E-state index in [4.69, 9.17) is 4.74 Å². The Morgan fingerprint density at radius 2 is 1.95 bits per heavy atom. The highest BCUT2D eigenvalue weighted by atomic mass is 16.5. The van der Waals surface area contributed by atoms with Crippen LogP contribution in [0, 0.1) is 5.92 Å². The molecular formula is C15H29NO3. The minimum atomic E-state index is -0.881. The molecule has 1 rings (SSSR count). The Morgan fingerprint density at radius 3 is 2.37 bits per heavy atom. The van der Waals surface area contributed by atoms with Gasteiger partial charge in [0.1, 0.15) is 0 Å². The lowest BCUT2D eigenvalue weighted by molar-refractivity contribution is -0.161. The van der Waals surface area contributed by atoms with E-state index >= 15 is 0 Å². The van der Waals surface area contributed by atoms with E-state index < -0.39 is 5.60 Å². The van der Waals surface area contributed by atoms with Crippen molar-refractivity contribution in [3.8, 4) is 0 Å². The lowest BCUT2D eigenvalue weighted by Gasteiger charge is -2.43. The summed E-state index contributed by atoms with van der Waals surface area (Å²) in [4.78, 5) is 14.3. The van der Waals surface area contributed by atoms with Gasteiger partial charge in [0.05, 0.1) is 18.6 Å². The molecule has 1 heterocycles. The van der Waals surface area contributed by atoms with Crippen molar-refractivity contribution in [3.63, 3.8) is 0 Å². The number of aliphatic hydroxyl groups is 1. The van der Waals surface area contributed by atoms with Gasteiger partial charge in [0, 0.05) is 19.1 Å². The van der Waals surface area contributed by atoms with E-state index in [0.717, 1.165) is 32.4 Å². The summed E-state index contributed by atoms with van der Waals surface area (Å²) in [6.07, 6.45) is 4.03. The molecule has 1 N–H and O–H groups in total. The smallest absolute Gasteiger partial charge is 0.311 e. The number of esters is 1. The van der Waals surface area contributed by atoms with Crippen molar-refractivity contribution in [1.82, 2.24) is 4.90 Å². The topological polar surface area (TPSA) is 49.8 Å². The highest BCUT2D eigenvalue weighted by molar-refractivity contribution is 5.73. The molecule has 0 spiro atoms. The second kappa shape index (κ2) is 7.25. The van der Waals surface area contributed by atoms with Crippen molar-refractivity contribution in [1.29, 1.82) is 0 Å². The Bertz CT molecular complexity index is 283. The van der Waals surface area contributed by atoms with Gasteiger partial charge < -0.3 is 14.7 Å². The maximum absolute atomic E-state index is 11.9. The molecule has 112 valence electrons. The summed E-state index contributed by atoms with van der Waals surface area (Å²) >= 11 is 0. The average molecular weight is 271 g/mol. The normalized spacial score (nSPS) is 21.4. The first kappa shape index (κ1) is 16.4. The number of rotatable bonds is 6. The Morgan fingerprint density at radius 1 is 1.37 bits per heavy atom. The zero-order valence-corrected chi connectivity index (χ0v) is 12.8. The molecule has 1 unspecified atom stereocenters. The zero-order valence-electron chi connectivity index (χ0n) is 12.8. The van der Waals surface area contributed by atoms with Gasteiger partial charge in [-0.25, -0.2) is 0 Å². The monoisotopic (exact) mass is 271 g/mol. The second-order valence-corrected chi connectivity index (χ2v) is 5.95. The Balaban J connectivity index is 2.70. The number of hydrogen-bond donors (Lipinski definition) is 1. The lowest BCUT2D eigenvalue weighted by atomic mass is 9.77. The summed E-state index contributed by atoms with van der Waals surface area (Å²) in [7, 11) is 1.41. The van der Waals surface area contributed by atoms with Crippen LogP contribution in [0.5, 0.6) is 0 Å². The number of carbonyl (C=O) groups excluding carboxylic acids is 1. The molecule has 0 amide bonds. The van der Waals surface area contributed by atoms with Crippen LogP contribution in [0.1, 0.15) is 52.9 Å². The fraction of sp³-hybridized carbons (Fsp3) is 0.933. The van der Waals surface area contributed by atoms with E-state index in [-0.39, 0.29) is 11.9 Å². The number of hydrogen-bond acceptors (Lipinski definition) is 4. The van der Waals surface area contributed by atoms with Gasteiger partial charge in [-0.15, -0.1) is 0 Å². The highest BCUT2D eigenvalue weighted by Gasteiger charge is 2.43. The molecule has 1 fully saturated rings. The highest BCUT2D eigenvalue weighted by Crippen LogP contribution is 2.34. The van der Waals surface area contributed by atoms with Gasteiger partial charge in [0.25, 0.3) is 0 Å². The van der Waals surface area contributed by atoms with E-state index in [2.05, 4.69) is 25.7 Å². The summed E-state index contributed by atoms with van der Waals surface area (Å²) in [5.74, 6) is -0.624. The molecule has 1 aliphatic rings. The molecule has 0 aromatic heterocycles. The molecule has 4 nitrogen and oxygen atoms in total. The number of unbranched alkanes of at least 4 members (excludes halogenated alkanes) is 1. The van der Waals surface area contributed by atoms with Crippen LogP contribution in [-0.4, -0.2) is 47.8 Å². The minimum Gasteiger partial charge on any atom is -0.469 e. The van der Waals surface area contributed by atoms with Crippen LogP contribution in [0.3, 0.4) is 0 Å². The number of ether oxygens (including phenoxy) is 1. The van der Waals surface area contributed by atoms with Crippen LogP contribution in [0.4, 0.5) is 0 Å². The van der Waals surface area contributed by atoms with Crippen LogP contribution in [0.25, 0.3) is 0 Å². The maximum Gasteiger partial charge on any atom is 0.311 e. The van der Waals surface area contributed by atoms with E-state index in [9.17, 15) is 9.90 Å². The molecule has 4 heteroatoms. The standard InChI is InChI=1S/C15H29NO3/c1-5-6-7-13(14(17)19-4)15(18)8-10-16(11-9-15)12(2)3/h12-13,18H,5-11H2,1-4H3. The summed E-state index contributed by atoms with van der Waals surface area (Å²) < 4.78 is 4.89. The van der Waals surface area contributed by atoms with Gasteiger partial charge in [-0.1, -0.05) is 19.8 Å². The van der Waals surface area contributed by atoms with Crippen LogP contribution in [-0.2, 0) is 9.53 Å². The molecular weight excluding hydrogens is 242 g/mol. The molecule has 19 heavy (non-hydrogen) atoms. The summed E-state index contributed by atoms with van der Waals surface area (Å²) in [5, 5.41) is 10.8. The lowest BCUT2D eigenvalue weighted by Crippen LogP contribution is -2.52. The number of methoxy groups -OCH3 is 1. The van der Waals surface area contributed by atoms with E-state index in [1.807, 2.05) is 0 Å². The SMILES string of the molecule is CCCCC(C(=O)OC)C1(O)CCN(C(C)C)CC1. The summed E-state index contributed by atoms with van der Waals surface area (Å²) in [6, 6.07) is 0.497. The number of nitrogens with zero attached hydrogens (tertiary/aromatic N) is 1. The maximum atomic E-state index is 11.9. The van der Waals surface area contributed by atoms with Crippen LogP contribution in [0.2, 0.25) is 0 Å². The Kier molecular flexibility index (Phi) is 6.27. The predicted molar refractivity (Wildman–Crippen MR) is 75.9 cm³/mol. The van der Waals surface area contributed by atoms with E-state index in [0.29, 0.717) is 18.9 Å². The first-order chi connectivity index (χ1) is 8.94. The van der Waals surface area contributed by atoms with Gasteiger partial charge in [-0.3, -0.25) is 4.79 Å². The molecule has 0 radical (unpaired) electrons. The molecule has 1 atom stereocenters. The number of likely N-dealkylation sites (tertiary alicyclic amines) is 1. The average Bonchev–Trinajstić information content (AvgIpc) is 2.39. The first-order valence-corrected chi connectivity index (χ1v) is 7.49. The molecule has 0 aliphatic carbocycles. The fourth-order valence-corrected chi connectivity index (χ4v) is 2.93. The van der Waals surface area contributed by atoms with Gasteiger partial charge in [0.2, 0.25) is 0 Å². The number of piperidine rings is 1. The second-order valence-electron chi connectivity index (χ2n) is 5.95. The van der Waals surface area contributed by atoms with Gasteiger partial charge in [0.15, 0.2) is 0 Å². The van der Waals surface area contributed by atoms with Gasteiger partial charge in [-0.2, -0.15) is 0 Å². The molecule has 0 aromatic carbocycles.